The second-order valence-corrected chi connectivity index (χ2v) is 5.84. The Balaban J connectivity index is 2.25. The molecule has 2 nitrogen and oxygen atoms in total. The van der Waals surface area contributed by atoms with Crippen LogP contribution in [0.3, 0.4) is 0 Å². The van der Waals surface area contributed by atoms with Crippen molar-refractivity contribution >= 4 is 15.9 Å². The lowest BCUT2D eigenvalue weighted by Crippen LogP contribution is -1.94. The van der Waals surface area contributed by atoms with Crippen LogP contribution in [0.5, 0.6) is 11.5 Å². The molecule has 0 bridgehead atoms. The zero-order valence-electron chi connectivity index (χ0n) is 11.2. The fourth-order valence-electron chi connectivity index (χ4n) is 2.33. The van der Waals surface area contributed by atoms with Crippen LogP contribution in [0.1, 0.15) is 25.3 Å². The molecule has 0 saturated heterocycles. The van der Waals surface area contributed by atoms with E-state index in [2.05, 4.69) is 29.8 Å². The number of rotatable bonds is 2. The molecule has 0 aromatic heterocycles. The van der Waals surface area contributed by atoms with E-state index in [9.17, 15) is 4.39 Å². The van der Waals surface area contributed by atoms with E-state index in [1.54, 1.807) is 12.1 Å². The molecule has 2 aromatic rings. The Morgan fingerprint density at radius 1 is 1.15 bits per heavy atom. The highest BCUT2D eigenvalue weighted by molar-refractivity contribution is 9.10. The first-order valence-electron chi connectivity index (χ1n) is 6.46. The van der Waals surface area contributed by atoms with Crippen LogP contribution >= 0.6 is 15.9 Å². The van der Waals surface area contributed by atoms with Crippen LogP contribution in [-0.2, 0) is 0 Å². The van der Waals surface area contributed by atoms with E-state index in [4.69, 9.17) is 9.47 Å². The summed E-state index contributed by atoms with van der Waals surface area (Å²) < 4.78 is 25.2. The van der Waals surface area contributed by atoms with Gasteiger partial charge in [-0.2, -0.15) is 0 Å². The summed E-state index contributed by atoms with van der Waals surface area (Å²) >= 11 is 3.66. The van der Waals surface area contributed by atoms with Gasteiger partial charge in [0, 0.05) is 10.0 Å². The van der Waals surface area contributed by atoms with Crippen LogP contribution < -0.4 is 9.47 Å². The Morgan fingerprint density at radius 3 is 2.50 bits per heavy atom. The van der Waals surface area contributed by atoms with Crippen molar-refractivity contribution in [3.05, 3.63) is 46.2 Å². The second kappa shape index (κ2) is 5.09. The summed E-state index contributed by atoms with van der Waals surface area (Å²) in [4.78, 5) is 0. The fourth-order valence-corrected chi connectivity index (χ4v) is 3.32. The third-order valence-corrected chi connectivity index (χ3v) is 4.24. The van der Waals surface area contributed by atoms with Gasteiger partial charge in [-0.15, -0.1) is 0 Å². The van der Waals surface area contributed by atoms with E-state index in [0.29, 0.717) is 11.7 Å². The first-order chi connectivity index (χ1) is 9.58. The number of ether oxygens (including phenoxy) is 2. The molecule has 20 heavy (non-hydrogen) atoms. The highest BCUT2D eigenvalue weighted by Gasteiger charge is 2.25. The van der Waals surface area contributed by atoms with Crippen LogP contribution in [0, 0.1) is 5.82 Å². The summed E-state index contributed by atoms with van der Waals surface area (Å²) in [7, 11) is 0. The molecule has 0 atom stereocenters. The number of fused-ring (bicyclic) bond motifs is 1. The molecule has 0 unspecified atom stereocenters. The van der Waals surface area contributed by atoms with E-state index in [-0.39, 0.29) is 12.6 Å². The average molecular weight is 337 g/mol. The molecule has 1 heterocycles. The normalized spacial score (nSPS) is 13.1. The van der Waals surface area contributed by atoms with Gasteiger partial charge in [0.15, 0.2) is 11.5 Å². The fraction of sp³-hybridized carbons (Fsp3) is 0.250. The second-order valence-electron chi connectivity index (χ2n) is 5.05. The van der Waals surface area contributed by atoms with E-state index < -0.39 is 0 Å². The largest absolute Gasteiger partial charge is 0.454 e. The minimum atomic E-state index is -0.251. The van der Waals surface area contributed by atoms with Gasteiger partial charge in [-0.3, -0.25) is 0 Å². The van der Waals surface area contributed by atoms with Gasteiger partial charge in [0.2, 0.25) is 6.79 Å². The Bertz CT molecular complexity index is 651. The summed E-state index contributed by atoms with van der Waals surface area (Å²) in [5.41, 5.74) is 2.97. The van der Waals surface area contributed by atoms with Crippen molar-refractivity contribution in [3.8, 4) is 22.6 Å². The zero-order valence-corrected chi connectivity index (χ0v) is 12.8. The van der Waals surface area contributed by atoms with Crippen molar-refractivity contribution in [2.75, 3.05) is 6.79 Å². The lowest BCUT2D eigenvalue weighted by atomic mass is 9.96. The molecule has 0 radical (unpaired) electrons. The Hall–Kier alpha value is -1.55. The molecular weight excluding hydrogens is 323 g/mol. The van der Waals surface area contributed by atoms with Crippen LogP contribution in [0.4, 0.5) is 4.39 Å². The lowest BCUT2D eigenvalue weighted by Gasteiger charge is -2.15. The number of hydrogen-bond donors (Lipinski definition) is 0. The topological polar surface area (TPSA) is 18.5 Å². The molecular formula is C16H14BrFO2. The van der Waals surface area contributed by atoms with Crippen molar-refractivity contribution in [3.63, 3.8) is 0 Å². The standard InChI is InChI=1S/C16H14BrFO2/c1-9(2)12-7-13-16(20-8-19-13)14(15(12)17)10-3-5-11(18)6-4-10/h3-7,9H,8H2,1-2H3. The maximum absolute atomic E-state index is 13.1. The molecule has 104 valence electrons. The van der Waals surface area contributed by atoms with Gasteiger partial charge < -0.3 is 9.47 Å². The maximum Gasteiger partial charge on any atom is 0.231 e. The van der Waals surface area contributed by atoms with Crippen molar-refractivity contribution < 1.29 is 13.9 Å². The smallest absolute Gasteiger partial charge is 0.231 e. The van der Waals surface area contributed by atoms with Crippen LogP contribution in [0.2, 0.25) is 0 Å². The first-order valence-corrected chi connectivity index (χ1v) is 7.25. The molecule has 0 saturated carbocycles. The van der Waals surface area contributed by atoms with Gasteiger partial charge >= 0.3 is 0 Å². The summed E-state index contributed by atoms with van der Waals surface area (Å²) in [6.45, 7) is 4.46. The van der Waals surface area contributed by atoms with E-state index in [1.165, 1.54) is 12.1 Å². The molecule has 4 heteroatoms. The molecule has 0 N–H and O–H groups in total. The summed E-state index contributed by atoms with van der Waals surface area (Å²) in [5.74, 6) is 1.56. The lowest BCUT2D eigenvalue weighted by molar-refractivity contribution is 0.174. The Morgan fingerprint density at radius 2 is 1.85 bits per heavy atom. The monoisotopic (exact) mass is 336 g/mol. The van der Waals surface area contributed by atoms with Gasteiger partial charge in [0.1, 0.15) is 5.82 Å². The summed E-state index contributed by atoms with van der Waals surface area (Å²) in [6, 6.07) is 8.41. The highest BCUT2D eigenvalue weighted by Crippen LogP contribution is 2.48. The van der Waals surface area contributed by atoms with Crippen molar-refractivity contribution in [2.45, 2.75) is 19.8 Å². The van der Waals surface area contributed by atoms with Gasteiger partial charge in [0.05, 0.1) is 0 Å². The Labute approximate surface area is 125 Å². The van der Waals surface area contributed by atoms with E-state index in [0.717, 1.165) is 26.9 Å². The maximum atomic E-state index is 13.1. The van der Waals surface area contributed by atoms with Crippen molar-refractivity contribution in [2.24, 2.45) is 0 Å². The predicted molar refractivity (Wildman–Crippen MR) is 79.7 cm³/mol. The van der Waals surface area contributed by atoms with Crippen LogP contribution in [0.25, 0.3) is 11.1 Å². The molecule has 1 aliphatic rings. The van der Waals surface area contributed by atoms with Crippen LogP contribution in [0.15, 0.2) is 34.8 Å². The SMILES string of the molecule is CC(C)c1cc2c(c(-c3ccc(F)cc3)c1Br)OCO2. The molecule has 0 aliphatic carbocycles. The number of benzene rings is 2. The third-order valence-electron chi connectivity index (χ3n) is 3.38. The Kier molecular flexibility index (Phi) is 3.42. The van der Waals surface area contributed by atoms with Gasteiger partial charge in [-0.1, -0.05) is 26.0 Å². The van der Waals surface area contributed by atoms with Gasteiger partial charge in [0.25, 0.3) is 0 Å². The first kappa shape index (κ1) is 13.4. The summed E-state index contributed by atoms with van der Waals surface area (Å²) in [6.07, 6.45) is 0. The predicted octanol–water partition coefficient (Wildman–Crippen LogP) is 5.11. The quantitative estimate of drug-likeness (QED) is 0.758. The molecule has 3 rings (SSSR count). The average Bonchev–Trinajstić information content (AvgIpc) is 2.87. The zero-order chi connectivity index (χ0) is 14.3. The molecule has 0 spiro atoms. The number of hydrogen-bond acceptors (Lipinski definition) is 2. The molecule has 0 fully saturated rings. The van der Waals surface area contributed by atoms with Gasteiger partial charge in [-0.25, -0.2) is 4.39 Å². The highest BCUT2D eigenvalue weighted by atomic mass is 79.9. The molecule has 0 amide bonds. The van der Waals surface area contributed by atoms with E-state index >= 15 is 0 Å². The minimum absolute atomic E-state index is 0.220. The van der Waals surface area contributed by atoms with Gasteiger partial charge in [-0.05, 0) is 51.2 Å². The van der Waals surface area contributed by atoms with Crippen molar-refractivity contribution in [1.29, 1.82) is 0 Å². The van der Waals surface area contributed by atoms with E-state index in [1.807, 2.05) is 6.07 Å². The molecule has 1 aliphatic heterocycles. The summed E-state index contributed by atoms with van der Waals surface area (Å²) in [5, 5.41) is 0. The van der Waals surface area contributed by atoms with Crippen LogP contribution in [-0.4, -0.2) is 6.79 Å². The number of halogens is 2. The minimum Gasteiger partial charge on any atom is -0.454 e. The third kappa shape index (κ3) is 2.18. The molecule has 2 aromatic carbocycles. The van der Waals surface area contributed by atoms with Crippen molar-refractivity contribution in [1.82, 2.24) is 0 Å².